The van der Waals surface area contributed by atoms with Crippen molar-refractivity contribution >= 4 is 11.3 Å². The summed E-state index contributed by atoms with van der Waals surface area (Å²) in [6, 6.07) is 2.40. The standard InChI is InChI=1S/C17H23NOS/c1-2-4-15-13(3-1)16-14(7-10-20-16)17(19-15)11-18-8-5-12(17)6-9-18/h7,10,12-13,15H,1-6,8-9,11H2/t13-,15-,17+/m0/s1. The molecule has 1 aromatic rings. The molecule has 0 aromatic carbocycles. The van der Waals surface area contributed by atoms with Gasteiger partial charge >= 0.3 is 0 Å². The van der Waals surface area contributed by atoms with Crippen molar-refractivity contribution in [1.29, 1.82) is 0 Å². The Kier molecular flexibility index (Phi) is 2.63. The summed E-state index contributed by atoms with van der Waals surface area (Å²) in [4.78, 5) is 4.33. The molecule has 1 saturated carbocycles. The molecule has 6 rings (SSSR count). The SMILES string of the molecule is c1cc2c(s1)[C@H]1CCCC[C@@H]1O[C@@]21CN2CCC1CC2. The second-order valence-electron chi connectivity index (χ2n) is 7.19. The first kappa shape index (κ1) is 12.2. The van der Waals surface area contributed by atoms with Gasteiger partial charge in [-0.15, -0.1) is 11.3 Å². The van der Waals surface area contributed by atoms with Gasteiger partial charge in [-0.25, -0.2) is 0 Å². The van der Waals surface area contributed by atoms with E-state index >= 15 is 0 Å². The maximum Gasteiger partial charge on any atom is 0.110 e. The molecule has 2 bridgehead atoms. The van der Waals surface area contributed by atoms with E-state index in [2.05, 4.69) is 16.3 Å². The Morgan fingerprint density at radius 1 is 1.15 bits per heavy atom. The summed E-state index contributed by atoms with van der Waals surface area (Å²) >= 11 is 2.01. The minimum atomic E-state index is 0.0599. The molecule has 1 aromatic heterocycles. The summed E-state index contributed by atoms with van der Waals surface area (Å²) < 4.78 is 6.90. The molecule has 20 heavy (non-hydrogen) atoms. The lowest BCUT2D eigenvalue weighted by Crippen LogP contribution is -2.61. The van der Waals surface area contributed by atoms with E-state index in [4.69, 9.17) is 4.74 Å². The highest BCUT2D eigenvalue weighted by molar-refractivity contribution is 7.10. The first-order valence-corrected chi connectivity index (χ1v) is 9.23. The number of rotatable bonds is 0. The number of piperidine rings is 3. The van der Waals surface area contributed by atoms with Crippen LogP contribution in [-0.4, -0.2) is 30.6 Å². The quantitative estimate of drug-likeness (QED) is 0.721. The molecule has 4 fully saturated rings. The van der Waals surface area contributed by atoms with Crippen molar-refractivity contribution in [2.45, 2.75) is 56.1 Å². The fourth-order valence-corrected chi connectivity index (χ4v) is 6.45. The number of thiophene rings is 1. The number of ether oxygens (including phenoxy) is 1. The fourth-order valence-electron chi connectivity index (χ4n) is 5.29. The molecule has 108 valence electrons. The summed E-state index contributed by atoms with van der Waals surface area (Å²) in [6.07, 6.45) is 8.59. The maximum absolute atomic E-state index is 6.90. The highest BCUT2D eigenvalue weighted by atomic mass is 32.1. The highest BCUT2D eigenvalue weighted by Crippen LogP contribution is 2.55. The lowest BCUT2D eigenvalue weighted by atomic mass is 9.67. The summed E-state index contributed by atoms with van der Waals surface area (Å²) in [5, 5.41) is 2.32. The summed E-state index contributed by atoms with van der Waals surface area (Å²) in [7, 11) is 0. The molecule has 0 unspecified atom stereocenters. The van der Waals surface area contributed by atoms with E-state index in [-0.39, 0.29) is 5.60 Å². The second-order valence-corrected chi connectivity index (χ2v) is 8.13. The van der Waals surface area contributed by atoms with E-state index in [0.717, 1.165) is 12.5 Å². The third-order valence-electron chi connectivity index (χ3n) is 6.26. The molecule has 0 N–H and O–H groups in total. The Morgan fingerprint density at radius 2 is 2.00 bits per heavy atom. The number of nitrogens with zero attached hydrogens (tertiary/aromatic N) is 1. The molecule has 0 radical (unpaired) electrons. The van der Waals surface area contributed by atoms with Crippen LogP contribution in [0.5, 0.6) is 0 Å². The molecule has 3 atom stereocenters. The number of fused-ring (bicyclic) bond motifs is 5. The van der Waals surface area contributed by atoms with Crippen LogP contribution in [0.15, 0.2) is 11.4 Å². The van der Waals surface area contributed by atoms with E-state index in [0.29, 0.717) is 12.0 Å². The first-order valence-electron chi connectivity index (χ1n) is 8.35. The van der Waals surface area contributed by atoms with Gasteiger partial charge in [0.1, 0.15) is 5.60 Å². The van der Waals surface area contributed by atoms with Crippen LogP contribution in [0, 0.1) is 5.92 Å². The third kappa shape index (κ3) is 1.52. The van der Waals surface area contributed by atoms with Gasteiger partial charge in [0.25, 0.3) is 0 Å². The topological polar surface area (TPSA) is 12.5 Å². The average molecular weight is 289 g/mol. The Bertz CT molecular complexity index is 519. The largest absolute Gasteiger partial charge is 0.365 e. The van der Waals surface area contributed by atoms with Crippen LogP contribution in [-0.2, 0) is 10.3 Å². The highest BCUT2D eigenvalue weighted by Gasteiger charge is 2.55. The van der Waals surface area contributed by atoms with Crippen molar-refractivity contribution in [2.24, 2.45) is 5.92 Å². The normalized spacial score (nSPS) is 46.2. The van der Waals surface area contributed by atoms with Gasteiger partial charge in [-0.05, 0) is 61.7 Å². The van der Waals surface area contributed by atoms with Crippen LogP contribution in [0.2, 0.25) is 0 Å². The van der Waals surface area contributed by atoms with Crippen molar-refractivity contribution in [2.75, 3.05) is 19.6 Å². The second kappa shape index (κ2) is 4.31. The van der Waals surface area contributed by atoms with Crippen LogP contribution in [0.1, 0.15) is 54.9 Å². The Morgan fingerprint density at radius 3 is 2.80 bits per heavy atom. The van der Waals surface area contributed by atoms with Crippen LogP contribution in [0.4, 0.5) is 0 Å². The van der Waals surface area contributed by atoms with E-state index in [1.54, 1.807) is 10.4 Å². The molecule has 2 nitrogen and oxygen atoms in total. The molecule has 0 amide bonds. The zero-order valence-electron chi connectivity index (χ0n) is 12.0. The van der Waals surface area contributed by atoms with E-state index in [1.807, 2.05) is 11.3 Å². The zero-order valence-corrected chi connectivity index (χ0v) is 12.8. The Balaban J connectivity index is 1.63. The van der Waals surface area contributed by atoms with Gasteiger partial charge in [-0.2, -0.15) is 0 Å². The predicted octanol–water partition coefficient (Wildman–Crippen LogP) is 3.73. The Hall–Kier alpha value is -0.380. The van der Waals surface area contributed by atoms with Crippen LogP contribution in [0.25, 0.3) is 0 Å². The van der Waals surface area contributed by atoms with Gasteiger partial charge in [0, 0.05) is 17.3 Å². The molecule has 1 spiro atoms. The van der Waals surface area contributed by atoms with Crippen molar-refractivity contribution in [3.8, 4) is 0 Å². The smallest absolute Gasteiger partial charge is 0.110 e. The van der Waals surface area contributed by atoms with Gasteiger partial charge in [0.2, 0.25) is 0 Å². The molecule has 1 aliphatic carbocycles. The molecular formula is C17H23NOS. The first-order chi connectivity index (χ1) is 9.87. The monoisotopic (exact) mass is 289 g/mol. The lowest BCUT2D eigenvalue weighted by Gasteiger charge is -2.57. The van der Waals surface area contributed by atoms with Crippen molar-refractivity contribution < 1.29 is 4.74 Å². The number of hydrogen-bond acceptors (Lipinski definition) is 3. The molecule has 3 saturated heterocycles. The van der Waals surface area contributed by atoms with E-state index < -0.39 is 0 Å². The predicted molar refractivity (Wildman–Crippen MR) is 81.2 cm³/mol. The van der Waals surface area contributed by atoms with Gasteiger partial charge in [0.15, 0.2) is 0 Å². The summed E-state index contributed by atoms with van der Waals surface area (Å²) in [5.41, 5.74) is 1.64. The third-order valence-corrected chi connectivity index (χ3v) is 7.31. The van der Waals surface area contributed by atoms with Gasteiger partial charge in [-0.1, -0.05) is 12.8 Å². The van der Waals surface area contributed by atoms with Crippen LogP contribution >= 0.6 is 11.3 Å². The van der Waals surface area contributed by atoms with Gasteiger partial charge in [-0.3, -0.25) is 0 Å². The van der Waals surface area contributed by atoms with Crippen LogP contribution < -0.4 is 0 Å². The van der Waals surface area contributed by atoms with Crippen molar-refractivity contribution in [1.82, 2.24) is 4.90 Å². The number of hydrogen-bond donors (Lipinski definition) is 0. The molecule has 5 aliphatic rings. The van der Waals surface area contributed by atoms with Crippen molar-refractivity contribution in [3.05, 3.63) is 21.9 Å². The van der Waals surface area contributed by atoms with E-state index in [9.17, 15) is 0 Å². The van der Waals surface area contributed by atoms with Gasteiger partial charge < -0.3 is 9.64 Å². The summed E-state index contributed by atoms with van der Waals surface area (Å²) in [6.45, 7) is 3.75. The molecular weight excluding hydrogens is 266 g/mol. The van der Waals surface area contributed by atoms with E-state index in [1.165, 1.54) is 51.6 Å². The molecule has 5 heterocycles. The average Bonchev–Trinajstić information content (AvgIpc) is 2.99. The minimum Gasteiger partial charge on any atom is -0.365 e. The lowest BCUT2D eigenvalue weighted by molar-refractivity contribution is -0.206. The van der Waals surface area contributed by atoms with Crippen LogP contribution in [0.3, 0.4) is 0 Å². The van der Waals surface area contributed by atoms with Crippen molar-refractivity contribution in [3.63, 3.8) is 0 Å². The molecule has 4 aliphatic heterocycles. The summed E-state index contributed by atoms with van der Waals surface area (Å²) in [5.74, 6) is 1.48. The minimum absolute atomic E-state index is 0.0599. The van der Waals surface area contributed by atoms with Gasteiger partial charge in [0.05, 0.1) is 6.10 Å². The Labute approximate surface area is 125 Å². The molecule has 3 heteroatoms. The zero-order chi connectivity index (χ0) is 13.2. The fraction of sp³-hybridized carbons (Fsp3) is 0.765. The maximum atomic E-state index is 6.90.